The topological polar surface area (TPSA) is 69.9 Å². The fraction of sp³-hybridized carbons (Fsp3) is 1.00. The van der Waals surface area contributed by atoms with E-state index < -0.39 is 18.3 Å². The third kappa shape index (κ3) is 1.21. The first-order valence-electron chi connectivity index (χ1n) is 2.84. The van der Waals surface area contributed by atoms with Crippen LogP contribution in [0.4, 0.5) is 0 Å². The summed E-state index contributed by atoms with van der Waals surface area (Å²) in [6, 6.07) is 0. The second-order valence-electron chi connectivity index (χ2n) is 2.11. The Kier molecular flexibility index (Phi) is 2.02. The van der Waals surface area contributed by atoms with Gasteiger partial charge in [-0.15, -0.1) is 0 Å². The van der Waals surface area contributed by atoms with Gasteiger partial charge in [0.25, 0.3) is 0 Å². The lowest BCUT2D eigenvalue weighted by Crippen LogP contribution is -2.31. The number of rotatable bonds is 1. The predicted octanol–water partition coefficient (Wildman–Crippen LogP) is -1.90. The third-order valence-corrected chi connectivity index (χ3v) is 1.44. The molecule has 0 aromatic carbocycles. The van der Waals surface area contributed by atoms with Gasteiger partial charge in [0.05, 0.1) is 13.2 Å². The van der Waals surface area contributed by atoms with Crippen molar-refractivity contribution in [2.45, 2.75) is 18.3 Å². The highest BCUT2D eigenvalue weighted by molar-refractivity contribution is 4.81. The van der Waals surface area contributed by atoms with Crippen LogP contribution >= 0.6 is 0 Å². The first-order valence-corrected chi connectivity index (χ1v) is 2.84. The monoisotopic (exact) mass is 134 g/mol. The molecule has 0 amide bonds. The van der Waals surface area contributed by atoms with E-state index in [1.165, 1.54) is 0 Å². The van der Waals surface area contributed by atoms with Gasteiger partial charge in [-0.1, -0.05) is 0 Å². The van der Waals surface area contributed by atoms with Crippen molar-refractivity contribution in [2.75, 3.05) is 13.2 Å². The molecule has 0 aromatic rings. The van der Waals surface area contributed by atoms with E-state index in [2.05, 4.69) is 0 Å². The first-order chi connectivity index (χ1) is 4.25. The van der Waals surface area contributed by atoms with E-state index in [1.807, 2.05) is 0 Å². The van der Waals surface area contributed by atoms with E-state index in [1.54, 1.807) is 0 Å². The molecule has 3 N–H and O–H groups in total. The molecule has 0 aromatic heterocycles. The highest BCUT2D eigenvalue weighted by Crippen LogP contribution is 2.12. The van der Waals surface area contributed by atoms with E-state index in [0.29, 0.717) is 0 Å². The van der Waals surface area contributed by atoms with Crippen LogP contribution in [0.25, 0.3) is 0 Å². The molecule has 4 heteroatoms. The average Bonchev–Trinajstić information content (AvgIpc) is 2.15. The quantitative estimate of drug-likeness (QED) is 0.392. The number of aliphatic hydroxyl groups is 3. The highest BCUT2D eigenvalue weighted by atomic mass is 16.5. The molecule has 1 fully saturated rings. The maximum atomic E-state index is 8.92. The number of aliphatic hydroxyl groups excluding tert-OH is 3. The van der Waals surface area contributed by atoms with Crippen LogP contribution in [0, 0.1) is 0 Å². The van der Waals surface area contributed by atoms with Crippen molar-refractivity contribution >= 4 is 0 Å². The minimum Gasteiger partial charge on any atom is -0.394 e. The Morgan fingerprint density at radius 3 is 2.33 bits per heavy atom. The molecular weight excluding hydrogens is 124 g/mol. The summed E-state index contributed by atoms with van der Waals surface area (Å²) in [5.41, 5.74) is 0. The third-order valence-electron chi connectivity index (χ3n) is 1.44. The van der Waals surface area contributed by atoms with Crippen molar-refractivity contribution in [3.8, 4) is 0 Å². The molecule has 0 spiro atoms. The molecule has 1 heterocycles. The SMILES string of the molecule is OC[C@@H]1OC[C@@H](O)[C@@H]1O. The Balaban J connectivity index is 2.41. The van der Waals surface area contributed by atoms with E-state index in [-0.39, 0.29) is 13.2 Å². The summed E-state index contributed by atoms with van der Waals surface area (Å²) in [4.78, 5) is 0. The summed E-state index contributed by atoms with van der Waals surface area (Å²) in [6.07, 6.45) is -2.35. The van der Waals surface area contributed by atoms with Gasteiger partial charge in [-0.25, -0.2) is 0 Å². The lowest BCUT2D eigenvalue weighted by molar-refractivity contribution is -0.00588. The Morgan fingerprint density at radius 1 is 1.44 bits per heavy atom. The van der Waals surface area contributed by atoms with E-state index in [9.17, 15) is 0 Å². The Bertz CT molecular complexity index is 95.0. The van der Waals surface area contributed by atoms with Gasteiger partial charge >= 0.3 is 0 Å². The van der Waals surface area contributed by atoms with Crippen molar-refractivity contribution in [3.63, 3.8) is 0 Å². The van der Waals surface area contributed by atoms with Crippen LogP contribution in [0.2, 0.25) is 0 Å². The minimum absolute atomic E-state index is 0.117. The van der Waals surface area contributed by atoms with Gasteiger partial charge in [0.15, 0.2) is 0 Å². The van der Waals surface area contributed by atoms with Crippen molar-refractivity contribution in [3.05, 3.63) is 0 Å². The van der Waals surface area contributed by atoms with Crippen molar-refractivity contribution in [1.82, 2.24) is 0 Å². The summed E-state index contributed by atoms with van der Waals surface area (Å²) in [5.74, 6) is 0. The van der Waals surface area contributed by atoms with Gasteiger partial charge in [-0.3, -0.25) is 0 Å². The van der Waals surface area contributed by atoms with Crippen LogP contribution in [0.3, 0.4) is 0 Å². The summed E-state index contributed by atoms with van der Waals surface area (Å²) >= 11 is 0. The van der Waals surface area contributed by atoms with Gasteiger partial charge in [0, 0.05) is 0 Å². The van der Waals surface area contributed by atoms with Crippen LogP contribution in [-0.2, 0) is 4.74 Å². The summed E-state index contributed by atoms with van der Waals surface area (Å²) in [7, 11) is 0. The van der Waals surface area contributed by atoms with Crippen molar-refractivity contribution < 1.29 is 20.1 Å². The molecule has 3 atom stereocenters. The zero-order chi connectivity index (χ0) is 6.85. The molecule has 0 saturated carbocycles. The summed E-state index contributed by atoms with van der Waals surface area (Å²) in [5, 5.41) is 26.2. The van der Waals surface area contributed by atoms with E-state index >= 15 is 0 Å². The summed E-state index contributed by atoms with van der Waals surface area (Å²) < 4.78 is 4.78. The minimum atomic E-state index is -0.921. The smallest absolute Gasteiger partial charge is 0.110 e. The molecule has 1 aliphatic rings. The maximum absolute atomic E-state index is 8.92. The molecule has 0 aliphatic carbocycles. The molecule has 9 heavy (non-hydrogen) atoms. The van der Waals surface area contributed by atoms with Gasteiger partial charge in [-0.2, -0.15) is 0 Å². The largest absolute Gasteiger partial charge is 0.394 e. The Morgan fingerprint density at radius 2 is 2.11 bits per heavy atom. The lowest BCUT2D eigenvalue weighted by atomic mass is 10.2. The van der Waals surface area contributed by atoms with Gasteiger partial charge in [0.2, 0.25) is 0 Å². The molecule has 0 bridgehead atoms. The molecule has 54 valence electrons. The average molecular weight is 134 g/mol. The van der Waals surface area contributed by atoms with Crippen LogP contribution in [0.15, 0.2) is 0 Å². The van der Waals surface area contributed by atoms with Gasteiger partial charge < -0.3 is 20.1 Å². The van der Waals surface area contributed by atoms with Crippen molar-refractivity contribution in [1.29, 1.82) is 0 Å². The molecule has 4 nitrogen and oxygen atoms in total. The fourth-order valence-corrected chi connectivity index (χ4v) is 0.828. The zero-order valence-electron chi connectivity index (χ0n) is 4.90. The molecule has 0 radical (unpaired) electrons. The molecule has 0 unspecified atom stereocenters. The Labute approximate surface area is 52.7 Å². The van der Waals surface area contributed by atoms with Gasteiger partial charge in [0.1, 0.15) is 18.3 Å². The summed E-state index contributed by atoms with van der Waals surface area (Å²) in [6.45, 7) is -0.120. The van der Waals surface area contributed by atoms with Gasteiger partial charge in [-0.05, 0) is 0 Å². The normalized spacial score (nSPS) is 43.7. The molecule has 1 aliphatic heterocycles. The molecule has 1 rings (SSSR count). The molecular formula is C5H10O4. The van der Waals surface area contributed by atoms with Crippen LogP contribution < -0.4 is 0 Å². The number of hydrogen-bond donors (Lipinski definition) is 3. The standard InChI is InChI=1S/C5H10O4/c6-1-4-5(8)3(7)2-9-4/h3-8H,1-2H2/t3-,4+,5+/m1/s1. The van der Waals surface area contributed by atoms with Crippen LogP contribution in [-0.4, -0.2) is 46.8 Å². The van der Waals surface area contributed by atoms with E-state index in [4.69, 9.17) is 20.1 Å². The molecule has 1 saturated heterocycles. The van der Waals surface area contributed by atoms with E-state index in [0.717, 1.165) is 0 Å². The zero-order valence-corrected chi connectivity index (χ0v) is 4.90. The maximum Gasteiger partial charge on any atom is 0.110 e. The van der Waals surface area contributed by atoms with Crippen LogP contribution in [0.5, 0.6) is 0 Å². The Hall–Kier alpha value is -0.160. The highest BCUT2D eigenvalue weighted by Gasteiger charge is 2.33. The van der Waals surface area contributed by atoms with Crippen molar-refractivity contribution in [2.24, 2.45) is 0 Å². The second-order valence-corrected chi connectivity index (χ2v) is 2.11. The first kappa shape index (κ1) is 6.95. The number of ether oxygens (including phenoxy) is 1. The lowest BCUT2D eigenvalue weighted by Gasteiger charge is -2.10. The predicted molar refractivity (Wildman–Crippen MR) is 28.8 cm³/mol. The number of hydrogen-bond acceptors (Lipinski definition) is 4. The second kappa shape index (κ2) is 2.62. The van der Waals surface area contributed by atoms with Crippen LogP contribution in [0.1, 0.15) is 0 Å². The fourth-order valence-electron chi connectivity index (χ4n) is 0.828.